The summed E-state index contributed by atoms with van der Waals surface area (Å²) in [4.78, 5) is 31.5. The molecule has 34 heavy (non-hydrogen) atoms. The van der Waals surface area contributed by atoms with Crippen LogP contribution in [-0.4, -0.2) is 43.9 Å². The predicted molar refractivity (Wildman–Crippen MR) is 130 cm³/mol. The van der Waals surface area contributed by atoms with E-state index in [2.05, 4.69) is 0 Å². The third-order valence-corrected chi connectivity index (χ3v) is 12.3. The van der Waals surface area contributed by atoms with Gasteiger partial charge in [0.1, 0.15) is 0 Å². The Morgan fingerprint density at radius 1 is 0.471 bits per heavy atom. The van der Waals surface area contributed by atoms with Gasteiger partial charge in [0.05, 0.1) is 0 Å². The first-order valence-electron chi connectivity index (χ1n) is 13.3. The molecule has 0 aliphatic carbocycles. The summed E-state index contributed by atoms with van der Waals surface area (Å²) in [6.45, 7) is 0. The third kappa shape index (κ3) is 16.5. The summed E-state index contributed by atoms with van der Waals surface area (Å²) >= 11 is -0.637. The zero-order valence-electron chi connectivity index (χ0n) is 20.7. The topological polar surface area (TPSA) is 120 Å². The van der Waals surface area contributed by atoms with Crippen LogP contribution in [0, 0.1) is 0 Å². The molecule has 1 aliphatic rings. The molecule has 1 rings (SSSR count). The van der Waals surface area contributed by atoms with Gasteiger partial charge in [-0.1, -0.05) is 0 Å². The minimum absolute atomic E-state index is 0.168. The Bertz CT molecular complexity index is 683. The van der Waals surface area contributed by atoms with E-state index < -0.39 is 40.7 Å². The van der Waals surface area contributed by atoms with Crippen molar-refractivity contribution in [2.75, 3.05) is 0 Å². The molecule has 0 radical (unpaired) electrons. The van der Waals surface area contributed by atoms with E-state index in [1.807, 2.05) is 0 Å². The first-order chi connectivity index (χ1) is 16.4. The van der Waals surface area contributed by atoms with E-state index in [-0.39, 0.29) is 19.3 Å². The first kappa shape index (κ1) is 30.9. The van der Waals surface area contributed by atoms with Gasteiger partial charge in [-0.2, -0.15) is 0 Å². The van der Waals surface area contributed by atoms with Crippen molar-refractivity contribution in [2.45, 2.75) is 135 Å². The van der Waals surface area contributed by atoms with Crippen molar-refractivity contribution >= 4 is 43.9 Å². The number of allylic oxidation sites excluding steroid dienone is 2. The number of unbranched alkanes of at least 4 members (excludes halogenated alkanes) is 12. The Balaban J connectivity index is 2.29. The summed E-state index contributed by atoms with van der Waals surface area (Å²) in [5.41, 5.74) is 1.67. The quantitative estimate of drug-likeness (QED) is 0.115. The fourth-order valence-electron chi connectivity index (χ4n) is 4.40. The van der Waals surface area contributed by atoms with E-state index in [1.54, 1.807) is 12.1 Å². The number of hydrogen-bond acceptors (Lipinski definition) is 6. The Morgan fingerprint density at radius 2 is 0.824 bits per heavy atom. The van der Waals surface area contributed by atoms with Crippen LogP contribution < -0.4 is 15.3 Å². The predicted octanol–water partition coefficient (Wildman–Crippen LogP) is 2.57. The van der Waals surface area contributed by atoms with Crippen molar-refractivity contribution in [3.8, 4) is 0 Å². The van der Waals surface area contributed by atoms with Gasteiger partial charge < -0.3 is 0 Å². The van der Waals surface area contributed by atoms with E-state index in [1.165, 1.54) is 51.4 Å². The Labute approximate surface area is 216 Å². The molecule has 0 unspecified atom stereocenters. The van der Waals surface area contributed by atoms with Gasteiger partial charge in [-0.3, -0.25) is 0 Å². The normalized spacial score (nSPS) is 13.0. The molecule has 6 nitrogen and oxygen atoms in total. The molecule has 0 saturated heterocycles. The molecular formula is C27H42BiO6-3. The molecule has 0 saturated carbocycles. The molecule has 0 N–H and O–H groups in total. The molecule has 194 valence electrons. The summed E-state index contributed by atoms with van der Waals surface area (Å²) in [6.07, 6.45) is 19.6. The number of carbonyl (C=O) groups is 3. The van der Waals surface area contributed by atoms with Gasteiger partial charge in [-0.05, 0) is 0 Å². The zero-order valence-corrected chi connectivity index (χ0v) is 24.2. The van der Waals surface area contributed by atoms with Crippen LogP contribution in [0.5, 0.6) is 0 Å². The summed E-state index contributed by atoms with van der Waals surface area (Å²) in [6, 6.07) is 0. The molecule has 0 bridgehead atoms. The zero-order chi connectivity index (χ0) is 25.0. The Hall–Kier alpha value is -1.10. The van der Waals surface area contributed by atoms with E-state index >= 15 is 0 Å². The van der Waals surface area contributed by atoms with Crippen LogP contribution in [0.3, 0.4) is 0 Å². The number of carbonyl (C=O) groups excluding carboxylic acids is 3. The molecule has 0 spiro atoms. The van der Waals surface area contributed by atoms with E-state index in [9.17, 15) is 29.7 Å². The average Bonchev–Trinajstić information content (AvgIpc) is 2.76. The Kier molecular flexibility index (Phi) is 18.3. The average molecular weight is 672 g/mol. The summed E-state index contributed by atoms with van der Waals surface area (Å²) < 4.78 is 3.58. The second kappa shape index (κ2) is 20.1. The van der Waals surface area contributed by atoms with Gasteiger partial charge in [-0.15, -0.1) is 0 Å². The van der Waals surface area contributed by atoms with Crippen LogP contribution in [0.4, 0.5) is 0 Å². The van der Waals surface area contributed by atoms with Gasteiger partial charge in [0, 0.05) is 0 Å². The Morgan fingerprint density at radius 3 is 1.26 bits per heavy atom. The molecule has 0 fully saturated rings. The van der Waals surface area contributed by atoms with Crippen LogP contribution >= 0.6 is 0 Å². The molecule has 1 aliphatic heterocycles. The van der Waals surface area contributed by atoms with Crippen molar-refractivity contribution in [1.29, 1.82) is 0 Å². The number of hydrogen-bond donors (Lipinski definition) is 0. The number of carboxylic acids is 3. The van der Waals surface area contributed by atoms with Crippen LogP contribution in [0.25, 0.3) is 0 Å². The number of carboxylic acid groups (broad SMARTS) is 3. The number of aliphatic carboxylic acids is 3. The molecule has 1 heterocycles. The second-order valence-electron chi connectivity index (χ2n) is 9.40. The van der Waals surface area contributed by atoms with Crippen molar-refractivity contribution < 1.29 is 29.7 Å². The summed E-state index contributed by atoms with van der Waals surface area (Å²) in [5, 5.41) is 31.5. The van der Waals surface area contributed by atoms with Crippen molar-refractivity contribution in [3.63, 3.8) is 0 Å². The van der Waals surface area contributed by atoms with Crippen molar-refractivity contribution in [1.82, 2.24) is 0 Å². The van der Waals surface area contributed by atoms with Crippen LogP contribution in [0.15, 0.2) is 8.85 Å². The second-order valence-corrected chi connectivity index (χ2v) is 14.5. The first-order valence-corrected chi connectivity index (χ1v) is 16.8. The van der Waals surface area contributed by atoms with Crippen LogP contribution in [0.1, 0.15) is 135 Å². The maximum atomic E-state index is 10.5. The summed E-state index contributed by atoms with van der Waals surface area (Å²) in [7, 11) is 0. The van der Waals surface area contributed by atoms with Gasteiger partial charge in [0.15, 0.2) is 0 Å². The minimum atomic E-state index is -0.951. The fourth-order valence-corrected chi connectivity index (χ4v) is 10.1. The molecule has 0 atom stereocenters. The summed E-state index contributed by atoms with van der Waals surface area (Å²) in [5.74, 6) is -2.85. The molecule has 0 aromatic rings. The van der Waals surface area contributed by atoms with Gasteiger partial charge in [0.2, 0.25) is 0 Å². The molecule has 0 aromatic heterocycles. The van der Waals surface area contributed by atoms with Crippen molar-refractivity contribution in [2.24, 2.45) is 0 Å². The maximum absolute atomic E-state index is 10.5. The van der Waals surface area contributed by atoms with E-state index in [0.717, 1.165) is 57.8 Å². The van der Waals surface area contributed by atoms with Crippen molar-refractivity contribution in [3.05, 3.63) is 8.85 Å². The van der Waals surface area contributed by atoms with E-state index in [4.69, 9.17) is 0 Å². The van der Waals surface area contributed by atoms with Crippen LogP contribution in [-0.2, 0) is 14.4 Å². The molecular weight excluding hydrogens is 629 g/mol. The molecule has 0 amide bonds. The molecule has 0 aromatic carbocycles. The number of rotatable bonds is 24. The monoisotopic (exact) mass is 671 g/mol. The SMILES string of the molecule is O=C([O-])CCCCCCC[C]1=[Bi][C](CCCCCCCC(=O)[O-])=C1CCCCCCCC(=O)[O-]. The van der Waals surface area contributed by atoms with Crippen LogP contribution in [0.2, 0.25) is 0 Å². The van der Waals surface area contributed by atoms with E-state index in [0.29, 0.717) is 6.42 Å². The molecule has 7 heteroatoms. The fraction of sp³-hybridized carbons (Fsp3) is 0.778. The van der Waals surface area contributed by atoms with Gasteiger partial charge in [0.25, 0.3) is 0 Å². The van der Waals surface area contributed by atoms with Gasteiger partial charge in [-0.25, -0.2) is 0 Å². The third-order valence-electron chi connectivity index (χ3n) is 6.36. The standard InChI is InChI=1S/C27H45O6.Bi/c28-25(29)21-15-9-3-1-6-12-18-24(20-14-8-5-11-17-23-27(32)33)19-13-7-2-4-10-16-22-26(30)31;/h1-17,20-23H2,(H,28,29)(H,30,31)(H,32,33);/p-3. The van der Waals surface area contributed by atoms with Gasteiger partial charge >= 0.3 is 217 Å².